The van der Waals surface area contributed by atoms with Crippen LogP contribution in [0.2, 0.25) is 0 Å². The monoisotopic (exact) mass is 265 g/mol. The van der Waals surface area contributed by atoms with Crippen LogP contribution in [0, 0.1) is 5.92 Å². The Morgan fingerprint density at radius 3 is 3.21 bits per heavy atom. The number of rotatable bonds is 5. The van der Waals surface area contributed by atoms with Crippen molar-refractivity contribution in [2.24, 2.45) is 5.92 Å². The average molecular weight is 265 g/mol. The first kappa shape index (κ1) is 14.1. The van der Waals surface area contributed by atoms with E-state index >= 15 is 0 Å². The highest BCUT2D eigenvalue weighted by molar-refractivity contribution is 5.78. The minimum Gasteiger partial charge on any atom is -0.393 e. The van der Waals surface area contributed by atoms with Crippen molar-refractivity contribution in [3.8, 4) is 0 Å². The van der Waals surface area contributed by atoms with Crippen molar-refractivity contribution >= 4 is 5.91 Å². The predicted octanol–water partition coefficient (Wildman–Crippen LogP) is 1.11. The number of nitrogens with zero attached hydrogens (tertiary/aromatic N) is 2. The summed E-state index contributed by atoms with van der Waals surface area (Å²) in [7, 11) is 0. The molecule has 1 aliphatic rings. The minimum atomic E-state index is -0.381. The standard InChI is InChI=1S/C14H23N3O2/c1-3-13(18)6-10(2)14(19)16-11-4-5-17-9-15-8-12(17)7-11/h8-11,13,18H,3-7H2,1-2H3,(H,16,19). The van der Waals surface area contributed by atoms with Crippen LogP contribution in [0.5, 0.6) is 0 Å². The van der Waals surface area contributed by atoms with Gasteiger partial charge in [0.15, 0.2) is 0 Å². The highest BCUT2D eigenvalue weighted by atomic mass is 16.3. The Balaban J connectivity index is 1.83. The molecule has 0 radical (unpaired) electrons. The first-order valence-corrected chi connectivity index (χ1v) is 7.07. The summed E-state index contributed by atoms with van der Waals surface area (Å²) < 4.78 is 2.13. The molecular weight excluding hydrogens is 242 g/mol. The van der Waals surface area contributed by atoms with Gasteiger partial charge in [0.1, 0.15) is 0 Å². The summed E-state index contributed by atoms with van der Waals surface area (Å²) in [5.74, 6) is -0.0905. The van der Waals surface area contributed by atoms with Crippen LogP contribution in [0.3, 0.4) is 0 Å². The molecule has 19 heavy (non-hydrogen) atoms. The lowest BCUT2D eigenvalue weighted by Gasteiger charge is -2.26. The van der Waals surface area contributed by atoms with Crippen molar-refractivity contribution in [2.75, 3.05) is 0 Å². The van der Waals surface area contributed by atoms with Crippen molar-refractivity contribution in [2.45, 2.75) is 58.2 Å². The van der Waals surface area contributed by atoms with Gasteiger partial charge >= 0.3 is 0 Å². The van der Waals surface area contributed by atoms with E-state index in [1.54, 1.807) is 0 Å². The third-order valence-electron chi connectivity index (χ3n) is 3.86. The van der Waals surface area contributed by atoms with Crippen LogP contribution < -0.4 is 5.32 Å². The van der Waals surface area contributed by atoms with Crippen LogP contribution in [0.25, 0.3) is 0 Å². The molecule has 0 fully saturated rings. The Kier molecular flexibility index (Phi) is 4.58. The van der Waals surface area contributed by atoms with E-state index in [1.165, 1.54) is 5.69 Å². The molecular formula is C14H23N3O2. The zero-order valence-electron chi connectivity index (χ0n) is 11.7. The normalized spacial score (nSPS) is 21.5. The zero-order valence-corrected chi connectivity index (χ0v) is 11.7. The highest BCUT2D eigenvalue weighted by Crippen LogP contribution is 2.15. The number of fused-ring (bicyclic) bond motifs is 1. The fourth-order valence-electron chi connectivity index (χ4n) is 2.52. The van der Waals surface area contributed by atoms with Crippen molar-refractivity contribution in [3.05, 3.63) is 18.2 Å². The second-order valence-corrected chi connectivity index (χ2v) is 5.48. The summed E-state index contributed by atoms with van der Waals surface area (Å²) >= 11 is 0. The van der Waals surface area contributed by atoms with Crippen LogP contribution in [0.15, 0.2) is 12.5 Å². The SMILES string of the molecule is CCC(O)CC(C)C(=O)NC1CCn2cncc2C1. The molecule has 0 aliphatic carbocycles. The van der Waals surface area contributed by atoms with Crippen molar-refractivity contribution in [1.82, 2.24) is 14.9 Å². The second kappa shape index (κ2) is 6.19. The smallest absolute Gasteiger partial charge is 0.223 e. The highest BCUT2D eigenvalue weighted by Gasteiger charge is 2.23. The number of carbonyl (C=O) groups is 1. The molecule has 1 aromatic heterocycles. The van der Waals surface area contributed by atoms with Gasteiger partial charge < -0.3 is 15.0 Å². The summed E-state index contributed by atoms with van der Waals surface area (Å²) in [6.45, 7) is 4.71. The van der Waals surface area contributed by atoms with Gasteiger partial charge in [0, 0.05) is 36.8 Å². The van der Waals surface area contributed by atoms with Gasteiger partial charge in [0.25, 0.3) is 0 Å². The molecule has 0 spiro atoms. The van der Waals surface area contributed by atoms with E-state index in [2.05, 4.69) is 14.9 Å². The molecule has 0 aromatic carbocycles. The van der Waals surface area contributed by atoms with Crippen molar-refractivity contribution < 1.29 is 9.90 Å². The lowest BCUT2D eigenvalue weighted by Crippen LogP contribution is -2.42. The number of nitrogens with one attached hydrogen (secondary N) is 1. The Hall–Kier alpha value is -1.36. The number of hydrogen-bond acceptors (Lipinski definition) is 3. The molecule has 2 N–H and O–H groups in total. The molecule has 0 bridgehead atoms. The molecule has 3 atom stereocenters. The third-order valence-corrected chi connectivity index (χ3v) is 3.86. The van der Waals surface area contributed by atoms with Gasteiger partial charge in [0.05, 0.1) is 12.4 Å². The molecule has 2 rings (SSSR count). The molecule has 5 heteroatoms. The van der Waals surface area contributed by atoms with E-state index in [9.17, 15) is 9.90 Å². The Bertz CT molecular complexity index is 430. The minimum absolute atomic E-state index is 0.0467. The summed E-state index contributed by atoms with van der Waals surface area (Å²) in [5.41, 5.74) is 1.18. The van der Waals surface area contributed by atoms with E-state index in [1.807, 2.05) is 26.4 Å². The molecule has 106 valence electrons. The summed E-state index contributed by atoms with van der Waals surface area (Å²) in [4.78, 5) is 16.2. The van der Waals surface area contributed by atoms with Crippen LogP contribution >= 0.6 is 0 Å². The maximum absolute atomic E-state index is 12.1. The van der Waals surface area contributed by atoms with Gasteiger partial charge in [-0.1, -0.05) is 13.8 Å². The van der Waals surface area contributed by atoms with Crippen LogP contribution in [0.1, 0.15) is 38.8 Å². The average Bonchev–Trinajstić information content (AvgIpc) is 2.85. The number of hydrogen-bond donors (Lipinski definition) is 2. The Labute approximate surface area is 114 Å². The molecule has 1 amide bonds. The fraction of sp³-hybridized carbons (Fsp3) is 0.714. The van der Waals surface area contributed by atoms with E-state index in [0.29, 0.717) is 12.8 Å². The van der Waals surface area contributed by atoms with Gasteiger partial charge in [-0.25, -0.2) is 4.98 Å². The third kappa shape index (κ3) is 3.56. The number of aliphatic hydroxyl groups excluding tert-OH is 1. The van der Waals surface area contributed by atoms with Crippen LogP contribution in [0.4, 0.5) is 0 Å². The predicted molar refractivity (Wildman–Crippen MR) is 72.6 cm³/mol. The molecule has 1 aliphatic heterocycles. The lowest BCUT2D eigenvalue weighted by atomic mass is 9.99. The number of amides is 1. The number of carbonyl (C=O) groups excluding carboxylic acids is 1. The Morgan fingerprint density at radius 1 is 1.68 bits per heavy atom. The summed E-state index contributed by atoms with van der Waals surface area (Å²) in [6.07, 6.45) is 6.34. The Morgan fingerprint density at radius 2 is 2.47 bits per heavy atom. The lowest BCUT2D eigenvalue weighted by molar-refractivity contribution is -0.126. The molecule has 2 heterocycles. The van der Waals surface area contributed by atoms with Crippen molar-refractivity contribution in [3.63, 3.8) is 0 Å². The van der Waals surface area contributed by atoms with Gasteiger partial charge in [-0.2, -0.15) is 0 Å². The molecule has 0 saturated carbocycles. The topological polar surface area (TPSA) is 67.2 Å². The first-order valence-electron chi connectivity index (χ1n) is 7.07. The maximum atomic E-state index is 12.1. The van der Waals surface area contributed by atoms with Crippen molar-refractivity contribution in [1.29, 1.82) is 0 Å². The van der Waals surface area contributed by atoms with Gasteiger partial charge in [-0.05, 0) is 19.3 Å². The number of aromatic nitrogens is 2. The second-order valence-electron chi connectivity index (χ2n) is 5.48. The van der Waals surface area contributed by atoms with Gasteiger partial charge in [0.2, 0.25) is 5.91 Å². The number of aryl methyl sites for hydroxylation is 1. The van der Waals surface area contributed by atoms with Crippen LogP contribution in [-0.4, -0.2) is 32.7 Å². The maximum Gasteiger partial charge on any atom is 0.223 e. The zero-order chi connectivity index (χ0) is 13.8. The fourth-order valence-corrected chi connectivity index (χ4v) is 2.52. The molecule has 0 saturated heterocycles. The summed E-state index contributed by atoms with van der Waals surface area (Å²) in [5, 5.41) is 12.7. The first-order chi connectivity index (χ1) is 9.10. The molecule has 1 aromatic rings. The van der Waals surface area contributed by atoms with E-state index in [0.717, 1.165) is 19.4 Å². The van der Waals surface area contributed by atoms with Crippen LogP contribution in [-0.2, 0) is 17.8 Å². The number of imidazole rings is 1. The molecule has 5 nitrogen and oxygen atoms in total. The van der Waals surface area contributed by atoms with E-state index < -0.39 is 0 Å². The molecule has 3 unspecified atom stereocenters. The summed E-state index contributed by atoms with van der Waals surface area (Å²) in [6, 6.07) is 0.193. The number of aliphatic hydroxyl groups is 1. The largest absolute Gasteiger partial charge is 0.393 e. The van der Waals surface area contributed by atoms with Gasteiger partial charge in [-0.15, -0.1) is 0 Å². The quantitative estimate of drug-likeness (QED) is 0.838. The van der Waals surface area contributed by atoms with Gasteiger partial charge in [-0.3, -0.25) is 4.79 Å². The van der Waals surface area contributed by atoms with E-state index in [-0.39, 0.29) is 24.0 Å². The van der Waals surface area contributed by atoms with E-state index in [4.69, 9.17) is 0 Å².